The van der Waals surface area contributed by atoms with Gasteiger partial charge in [-0.3, -0.25) is 0 Å². The number of rotatable bonds is 7. The van der Waals surface area contributed by atoms with Gasteiger partial charge in [0.15, 0.2) is 5.96 Å². The van der Waals surface area contributed by atoms with Crippen LogP contribution in [0.25, 0.3) is 5.69 Å². The molecule has 0 spiro atoms. The second kappa shape index (κ2) is 11.1. The normalized spacial score (nSPS) is 11.1. The van der Waals surface area contributed by atoms with Crippen LogP contribution in [0.5, 0.6) is 0 Å². The van der Waals surface area contributed by atoms with E-state index in [1.165, 1.54) is 16.0 Å². The fraction of sp³-hybridized carbons (Fsp3) is 0.300. The highest BCUT2D eigenvalue weighted by molar-refractivity contribution is 14.0. The molecule has 0 aliphatic rings. The van der Waals surface area contributed by atoms with Crippen molar-refractivity contribution in [3.63, 3.8) is 0 Å². The molecule has 3 rings (SSSR count). The van der Waals surface area contributed by atoms with Gasteiger partial charge < -0.3 is 10.6 Å². The van der Waals surface area contributed by atoms with Crippen LogP contribution in [0.3, 0.4) is 0 Å². The van der Waals surface area contributed by atoms with Gasteiger partial charge in [0.25, 0.3) is 0 Å². The quantitative estimate of drug-likeness (QED) is 0.294. The van der Waals surface area contributed by atoms with Gasteiger partial charge in [0.2, 0.25) is 0 Å². The van der Waals surface area contributed by atoms with E-state index < -0.39 is 0 Å². The van der Waals surface area contributed by atoms with Gasteiger partial charge in [-0.05, 0) is 61.0 Å². The molecule has 0 aliphatic carbocycles. The highest BCUT2D eigenvalue weighted by atomic mass is 127. The van der Waals surface area contributed by atoms with Crippen LogP contribution in [0.15, 0.2) is 59.2 Å². The van der Waals surface area contributed by atoms with Gasteiger partial charge in [-0.2, -0.15) is 5.10 Å². The average Bonchev–Trinajstić information content (AvgIpc) is 3.32. The lowest BCUT2D eigenvalue weighted by Crippen LogP contribution is -2.38. The first-order chi connectivity index (χ1) is 12.8. The molecular formula is C20H26IN5S. The molecule has 2 heterocycles. The molecule has 0 fully saturated rings. The molecule has 0 bridgehead atoms. The number of thiophene rings is 1. The summed E-state index contributed by atoms with van der Waals surface area (Å²) in [6, 6.07) is 12.6. The maximum Gasteiger partial charge on any atom is 0.191 e. The number of aromatic nitrogens is 2. The van der Waals surface area contributed by atoms with E-state index in [0.29, 0.717) is 0 Å². The van der Waals surface area contributed by atoms with Crippen molar-refractivity contribution in [3.05, 3.63) is 70.2 Å². The highest BCUT2D eigenvalue weighted by Crippen LogP contribution is 2.16. The van der Waals surface area contributed by atoms with Crippen LogP contribution in [0.2, 0.25) is 0 Å². The van der Waals surface area contributed by atoms with Crippen LogP contribution in [0.4, 0.5) is 0 Å². The molecule has 3 aromatic rings. The Balaban J connectivity index is 0.00000261. The topological polar surface area (TPSA) is 54.2 Å². The fourth-order valence-electron chi connectivity index (χ4n) is 2.62. The number of aryl methyl sites for hydroxylation is 1. The Hall–Kier alpha value is -1.87. The van der Waals surface area contributed by atoms with Gasteiger partial charge in [-0.1, -0.05) is 12.1 Å². The van der Waals surface area contributed by atoms with Crippen molar-refractivity contribution in [3.8, 4) is 5.69 Å². The van der Waals surface area contributed by atoms with Crippen LogP contribution in [0.1, 0.15) is 22.9 Å². The maximum atomic E-state index is 4.69. The molecule has 0 saturated carbocycles. The summed E-state index contributed by atoms with van der Waals surface area (Å²) in [5.74, 6) is 0.869. The number of aliphatic imine (C=N–C) groups is 1. The number of nitrogens with zero attached hydrogens (tertiary/aromatic N) is 3. The first-order valence-electron chi connectivity index (χ1n) is 8.90. The molecular weight excluding hydrogens is 469 g/mol. The second-order valence-corrected chi connectivity index (χ2v) is 7.02. The molecule has 5 nitrogen and oxygen atoms in total. The molecule has 7 heteroatoms. The zero-order valence-electron chi connectivity index (χ0n) is 15.7. The minimum atomic E-state index is 0. The van der Waals surface area contributed by atoms with Crippen LogP contribution in [0, 0.1) is 6.92 Å². The Labute approximate surface area is 181 Å². The lowest BCUT2D eigenvalue weighted by Gasteiger charge is -2.11. The van der Waals surface area contributed by atoms with Gasteiger partial charge in [0.05, 0.1) is 12.2 Å². The van der Waals surface area contributed by atoms with Crippen molar-refractivity contribution < 1.29 is 0 Å². The standard InChI is InChI=1S/C20H25N5S.HI/c1-3-21-20(23-15-19-16(2)10-14-26-19)22-12-9-17-5-7-18(8-6-17)25-13-4-11-24-25;/h4-8,10-11,13-14H,3,9,12,15H2,1-2H3,(H2,21,22,23);1H. The SMILES string of the molecule is CCNC(=NCc1sccc1C)NCCc1ccc(-n2cccn2)cc1.I. The van der Waals surface area contributed by atoms with Crippen molar-refractivity contribution in [1.29, 1.82) is 0 Å². The number of hydrogen-bond donors (Lipinski definition) is 2. The van der Waals surface area contributed by atoms with Crippen molar-refractivity contribution in [2.75, 3.05) is 13.1 Å². The van der Waals surface area contributed by atoms with E-state index in [4.69, 9.17) is 0 Å². The predicted octanol–water partition coefficient (Wildman–Crippen LogP) is 4.16. The van der Waals surface area contributed by atoms with Crippen molar-refractivity contribution in [1.82, 2.24) is 20.4 Å². The third kappa shape index (κ3) is 6.35. The third-order valence-electron chi connectivity index (χ3n) is 4.10. The largest absolute Gasteiger partial charge is 0.357 e. The van der Waals surface area contributed by atoms with Gasteiger partial charge in [0, 0.05) is 30.4 Å². The Morgan fingerprint density at radius 2 is 2.00 bits per heavy atom. The molecule has 0 atom stereocenters. The average molecular weight is 495 g/mol. The highest BCUT2D eigenvalue weighted by Gasteiger charge is 2.02. The first kappa shape index (κ1) is 21.4. The Kier molecular flexibility index (Phi) is 8.80. The van der Waals surface area contributed by atoms with Crippen molar-refractivity contribution in [2.24, 2.45) is 4.99 Å². The summed E-state index contributed by atoms with van der Waals surface area (Å²) in [5, 5.41) is 13.1. The molecule has 0 amide bonds. The fourth-order valence-corrected chi connectivity index (χ4v) is 3.45. The molecule has 2 N–H and O–H groups in total. The van der Waals surface area contributed by atoms with Crippen molar-refractivity contribution >= 4 is 41.3 Å². The van der Waals surface area contributed by atoms with E-state index in [0.717, 1.165) is 37.7 Å². The summed E-state index contributed by atoms with van der Waals surface area (Å²) in [6.07, 6.45) is 4.68. The van der Waals surface area contributed by atoms with E-state index in [-0.39, 0.29) is 24.0 Å². The van der Waals surface area contributed by atoms with E-state index >= 15 is 0 Å². The summed E-state index contributed by atoms with van der Waals surface area (Å²) in [6.45, 7) is 6.64. The van der Waals surface area contributed by atoms with E-state index in [1.807, 2.05) is 16.9 Å². The summed E-state index contributed by atoms with van der Waals surface area (Å²) >= 11 is 1.76. The van der Waals surface area contributed by atoms with Gasteiger partial charge in [-0.25, -0.2) is 9.67 Å². The zero-order chi connectivity index (χ0) is 18.2. The summed E-state index contributed by atoms with van der Waals surface area (Å²) in [7, 11) is 0. The number of benzene rings is 1. The number of guanidine groups is 1. The van der Waals surface area contributed by atoms with E-state index in [1.54, 1.807) is 17.5 Å². The monoisotopic (exact) mass is 495 g/mol. The summed E-state index contributed by atoms with van der Waals surface area (Å²) < 4.78 is 1.87. The number of halogens is 1. The van der Waals surface area contributed by atoms with Crippen LogP contribution in [-0.4, -0.2) is 28.8 Å². The third-order valence-corrected chi connectivity index (χ3v) is 5.11. The van der Waals surface area contributed by atoms with E-state index in [9.17, 15) is 0 Å². The molecule has 0 unspecified atom stereocenters. The van der Waals surface area contributed by atoms with Gasteiger partial charge in [0.1, 0.15) is 0 Å². The Morgan fingerprint density at radius 3 is 2.63 bits per heavy atom. The maximum absolute atomic E-state index is 4.69. The molecule has 2 aromatic heterocycles. The minimum absolute atomic E-state index is 0. The van der Waals surface area contributed by atoms with Crippen LogP contribution in [-0.2, 0) is 13.0 Å². The van der Waals surface area contributed by atoms with Gasteiger partial charge in [-0.15, -0.1) is 35.3 Å². The van der Waals surface area contributed by atoms with Crippen LogP contribution >= 0.6 is 35.3 Å². The second-order valence-electron chi connectivity index (χ2n) is 6.02. The molecule has 0 saturated heterocycles. The predicted molar refractivity (Wildman–Crippen MR) is 125 cm³/mol. The zero-order valence-corrected chi connectivity index (χ0v) is 18.8. The minimum Gasteiger partial charge on any atom is -0.357 e. The smallest absolute Gasteiger partial charge is 0.191 e. The van der Waals surface area contributed by atoms with Crippen molar-refractivity contribution in [2.45, 2.75) is 26.8 Å². The van der Waals surface area contributed by atoms with Gasteiger partial charge >= 0.3 is 0 Å². The molecule has 27 heavy (non-hydrogen) atoms. The van der Waals surface area contributed by atoms with Crippen LogP contribution < -0.4 is 10.6 Å². The molecule has 0 radical (unpaired) electrons. The molecule has 1 aromatic carbocycles. The molecule has 144 valence electrons. The Morgan fingerprint density at radius 1 is 1.19 bits per heavy atom. The summed E-state index contributed by atoms with van der Waals surface area (Å²) in [4.78, 5) is 6.01. The molecule has 0 aliphatic heterocycles. The number of hydrogen-bond acceptors (Lipinski definition) is 3. The van der Waals surface area contributed by atoms with E-state index in [2.05, 4.69) is 70.3 Å². The first-order valence-corrected chi connectivity index (χ1v) is 9.78. The Bertz CT molecular complexity index is 824. The lowest BCUT2D eigenvalue weighted by atomic mass is 10.1. The number of nitrogens with one attached hydrogen (secondary N) is 2. The lowest BCUT2D eigenvalue weighted by molar-refractivity contribution is 0.799. The summed E-state index contributed by atoms with van der Waals surface area (Å²) in [5.41, 5.74) is 3.68.